The third kappa shape index (κ3) is 4.04. The maximum Gasteiger partial charge on any atom is 0.254 e. The van der Waals surface area contributed by atoms with Crippen molar-refractivity contribution in [2.45, 2.75) is 38.6 Å². The summed E-state index contributed by atoms with van der Waals surface area (Å²) in [5, 5.41) is 6.77. The first-order chi connectivity index (χ1) is 12.2. The Morgan fingerprint density at radius 2 is 2.12 bits per heavy atom. The van der Waals surface area contributed by atoms with E-state index in [1.165, 1.54) is 0 Å². The lowest BCUT2D eigenvalue weighted by Gasteiger charge is -2.22. The van der Waals surface area contributed by atoms with Crippen molar-refractivity contribution in [2.75, 3.05) is 13.1 Å². The summed E-state index contributed by atoms with van der Waals surface area (Å²) in [6, 6.07) is 9.04. The Hall–Kier alpha value is -2.70. The van der Waals surface area contributed by atoms with E-state index in [-0.39, 0.29) is 17.9 Å². The smallest absolute Gasteiger partial charge is 0.254 e. The number of benzene rings is 1. The largest absolute Gasteiger partial charge is 0.356 e. The first-order valence-electron chi connectivity index (χ1n) is 8.64. The van der Waals surface area contributed by atoms with Gasteiger partial charge in [0.15, 0.2) is 5.82 Å². The molecule has 7 heteroatoms. The highest BCUT2D eigenvalue weighted by atomic mass is 16.5. The van der Waals surface area contributed by atoms with E-state index in [1.807, 2.05) is 37.3 Å². The molecule has 2 aromatic rings. The van der Waals surface area contributed by atoms with Crippen LogP contribution in [0.3, 0.4) is 0 Å². The van der Waals surface area contributed by atoms with E-state index >= 15 is 0 Å². The first kappa shape index (κ1) is 17.1. The van der Waals surface area contributed by atoms with Gasteiger partial charge < -0.3 is 14.7 Å². The summed E-state index contributed by atoms with van der Waals surface area (Å²) >= 11 is 0. The first-order valence-corrected chi connectivity index (χ1v) is 8.64. The Morgan fingerprint density at radius 3 is 2.88 bits per heavy atom. The Bertz CT molecular complexity index is 729. The molecule has 0 bridgehead atoms. The van der Waals surface area contributed by atoms with Gasteiger partial charge in [0.05, 0.1) is 6.04 Å². The number of carbonyl (C=O) groups excluding carboxylic acids is 2. The van der Waals surface area contributed by atoms with Crippen LogP contribution in [0.25, 0.3) is 0 Å². The van der Waals surface area contributed by atoms with E-state index in [2.05, 4.69) is 15.5 Å². The number of hydrogen-bond acceptors (Lipinski definition) is 5. The standard InChI is InChI=1S/C18H22N4O3/c1-2-19-15(23)10-11-16-20-17(21-25-16)14-9-6-12-22(14)18(24)13-7-4-3-5-8-13/h3-5,7-8,14H,2,6,9-12H2,1H3,(H,19,23). The number of carbonyl (C=O) groups is 2. The molecule has 25 heavy (non-hydrogen) atoms. The normalized spacial score (nSPS) is 16.8. The molecule has 1 aliphatic heterocycles. The molecule has 1 aromatic carbocycles. The van der Waals surface area contributed by atoms with E-state index in [1.54, 1.807) is 4.90 Å². The molecule has 3 rings (SSSR count). The molecule has 1 fully saturated rings. The fourth-order valence-electron chi connectivity index (χ4n) is 3.04. The Balaban J connectivity index is 1.67. The quantitative estimate of drug-likeness (QED) is 0.868. The van der Waals surface area contributed by atoms with Gasteiger partial charge in [0, 0.05) is 31.5 Å². The number of rotatable bonds is 6. The van der Waals surface area contributed by atoms with Gasteiger partial charge in [-0.25, -0.2) is 0 Å². The molecule has 0 spiro atoms. The SMILES string of the molecule is CCNC(=O)CCc1nc(C2CCCN2C(=O)c2ccccc2)no1. The third-order valence-electron chi connectivity index (χ3n) is 4.26. The summed E-state index contributed by atoms with van der Waals surface area (Å²) in [5.41, 5.74) is 0.661. The summed E-state index contributed by atoms with van der Waals surface area (Å²) in [6.07, 6.45) is 2.44. The van der Waals surface area contributed by atoms with E-state index in [9.17, 15) is 9.59 Å². The molecular formula is C18H22N4O3. The van der Waals surface area contributed by atoms with Gasteiger partial charge in [-0.15, -0.1) is 0 Å². The molecule has 0 saturated carbocycles. The molecule has 0 radical (unpaired) electrons. The van der Waals surface area contributed by atoms with Crippen molar-refractivity contribution in [3.63, 3.8) is 0 Å². The predicted molar refractivity (Wildman–Crippen MR) is 90.8 cm³/mol. The van der Waals surface area contributed by atoms with Crippen molar-refractivity contribution in [1.29, 1.82) is 0 Å². The van der Waals surface area contributed by atoms with E-state index in [0.717, 1.165) is 12.8 Å². The second-order valence-electron chi connectivity index (χ2n) is 6.02. The van der Waals surface area contributed by atoms with Gasteiger partial charge in [-0.3, -0.25) is 9.59 Å². The number of aromatic nitrogens is 2. The van der Waals surface area contributed by atoms with Crippen LogP contribution in [0, 0.1) is 0 Å². The maximum atomic E-state index is 12.7. The molecule has 1 aliphatic rings. The van der Waals surface area contributed by atoms with Gasteiger partial charge in [0.2, 0.25) is 11.8 Å². The Kier molecular flexibility index (Phi) is 5.42. The lowest BCUT2D eigenvalue weighted by atomic mass is 10.1. The van der Waals surface area contributed by atoms with E-state index in [0.29, 0.717) is 43.2 Å². The highest BCUT2D eigenvalue weighted by molar-refractivity contribution is 5.94. The predicted octanol–water partition coefficient (Wildman–Crippen LogP) is 2.12. The molecule has 2 amide bonds. The van der Waals surface area contributed by atoms with Gasteiger partial charge in [-0.1, -0.05) is 23.4 Å². The molecule has 1 unspecified atom stereocenters. The number of aryl methyl sites for hydroxylation is 1. The molecule has 2 heterocycles. The summed E-state index contributed by atoms with van der Waals surface area (Å²) in [5.74, 6) is 0.897. The molecular weight excluding hydrogens is 320 g/mol. The Labute approximate surface area is 146 Å². The monoisotopic (exact) mass is 342 g/mol. The molecule has 132 valence electrons. The molecule has 1 N–H and O–H groups in total. The fourth-order valence-corrected chi connectivity index (χ4v) is 3.04. The highest BCUT2D eigenvalue weighted by Gasteiger charge is 2.33. The lowest BCUT2D eigenvalue weighted by molar-refractivity contribution is -0.121. The molecule has 0 aliphatic carbocycles. The molecule has 1 saturated heterocycles. The van der Waals surface area contributed by atoms with Gasteiger partial charge in [0.1, 0.15) is 0 Å². The number of nitrogens with one attached hydrogen (secondary N) is 1. The minimum Gasteiger partial charge on any atom is -0.356 e. The molecule has 1 aromatic heterocycles. The van der Waals surface area contributed by atoms with Crippen LogP contribution in [0.1, 0.15) is 54.3 Å². The van der Waals surface area contributed by atoms with Crippen LogP contribution in [0.15, 0.2) is 34.9 Å². The number of amides is 2. The second kappa shape index (κ2) is 7.92. The van der Waals surface area contributed by atoms with Crippen molar-refractivity contribution in [3.8, 4) is 0 Å². The number of hydrogen-bond donors (Lipinski definition) is 1. The fraction of sp³-hybridized carbons (Fsp3) is 0.444. The summed E-state index contributed by atoms with van der Waals surface area (Å²) in [7, 11) is 0. The van der Waals surface area contributed by atoms with Crippen molar-refractivity contribution in [2.24, 2.45) is 0 Å². The summed E-state index contributed by atoms with van der Waals surface area (Å²) in [6.45, 7) is 3.16. The average Bonchev–Trinajstić information content (AvgIpc) is 3.29. The highest BCUT2D eigenvalue weighted by Crippen LogP contribution is 2.31. The topological polar surface area (TPSA) is 88.3 Å². The van der Waals surface area contributed by atoms with E-state index < -0.39 is 0 Å². The van der Waals surface area contributed by atoms with Crippen LogP contribution in [-0.2, 0) is 11.2 Å². The van der Waals surface area contributed by atoms with Crippen LogP contribution in [0.5, 0.6) is 0 Å². The zero-order valence-corrected chi connectivity index (χ0v) is 14.3. The van der Waals surface area contributed by atoms with Crippen molar-refractivity contribution < 1.29 is 14.1 Å². The third-order valence-corrected chi connectivity index (χ3v) is 4.26. The second-order valence-corrected chi connectivity index (χ2v) is 6.02. The number of nitrogens with zero attached hydrogens (tertiary/aromatic N) is 3. The number of likely N-dealkylation sites (tertiary alicyclic amines) is 1. The van der Waals surface area contributed by atoms with Crippen LogP contribution in [-0.4, -0.2) is 39.9 Å². The minimum absolute atomic E-state index is 0.0169. The zero-order valence-electron chi connectivity index (χ0n) is 14.3. The van der Waals surface area contributed by atoms with Gasteiger partial charge in [-0.05, 0) is 31.9 Å². The van der Waals surface area contributed by atoms with Gasteiger partial charge >= 0.3 is 0 Å². The van der Waals surface area contributed by atoms with Gasteiger partial charge in [-0.2, -0.15) is 4.98 Å². The van der Waals surface area contributed by atoms with Crippen molar-refractivity contribution >= 4 is 11.8 Å². The van der Waals surface area contributed by atoms with Crippen molar-refractivity contribution in [3.05, 3.63) is 47.6 Å². The summed E-state index contributed by atoms with van der Waals surface area (Å²) < 4.78 is 5.26. The maximum absolute atomic E-state index is 12.7. The molecule has 7 nitrogen and oxygen atoms in total. The van der Waals surface area contributed by atoms with Crippen LogP contribution >= 0.6 is 0 Å². The summed E-state index contributed by atoms with van der Waals surface area (Å²) in [4.78, 5) is 30.4. The molecule has 1 atom stereocenters. The van der Waals surface area contributed by atoms with Crippen LogP contribution in [0.2, 0.25) is 0 Å². The van der Waals surface area contributed by atoms with Crippen LogP contribution in [0.4, 0.5) is 0 Å². The minimum atomic E-state index is -0.172. The van der Waals surface area contributed by atoms with Crippen molar-refractivity contribution in [1.82, 2.24) is 20.4 Å². The zero-order chi connectivity index (χ0) is 17.6. The average molecular weight is 342 g/mol. The van der Waals surface area contributed by atoms with Crippen LogP contribution < -0.4 is 5.32 Å². The van der Waals surface area contributed by atoms with E-state index in [4.69, 9.17) is 4.52 Å². The Morgan fingerprint density at radius 1 is 1.32 bits per heavy atom. The lowest BCUT2D eigenvalue weighted by Crippen LogP contribution is -2.31. The van der Waals surface area contributed by atoms with Gasteiger partial charge in [0.25, 0.3) is 5.91 Å².